The second-order valence-electron chi connectivity index (χ2n) is 7.13. The number of amides is 2. The summed E-state index contributed by atoms with van der Waals surface area (Å²) in [5, 5.41) is 5.59. The Morgan fingerprint density at radius 3 is 2.34 bits per heavy atom. The van der Waals surface area contributed by atoms with Gasteiger partial charge in [0.1, 0.15) is 18.2 Å². The number of carbonyl (C=O) groups excluding carboxylic acids is 1. The summed E-state index contributed by atoms with van der Waals surface area (Å²) >= 11 is 0. The van der Waals surface area contributed by atoms with Gasteiger partial charge in [-0.1, -0.05) is 54.6 Å². The average Bonchev–Trinajstić information content (AvgIpc) is 2.84. The number of carbonyl (C=O) groups is 1. The van der Waals surface area contributed by atoms with E-state index in [9.17, 15) is 9.18 Å². The van der Waals surface area contributed by atoms with Crippen LogP contribution in [0.1, 0.15) is 11.1 Å². The highest BCUT2D eigenvalue weighted by Gasteiger charge is 2.10. The molecule has 1 aromatic heterocycles. The van der Waals surface area contributed by atoms with Gasteiger partial charge < -0.3 is 15.4 Å². The highest BCUT2D eigenvalue weighted by molar-refractivity contribution is 5.89. The van der Waals surface area contributed by atoms with Crippen molar-refractivity contribution in [2.75, 3.05) is 5.32 Å². The van der Waals surface area contributed by atoms with Gasteiger partial charge in [-0.2, -0.15) is 0 Å². The minimum Gasteiger partial charge on any atom is -0.488 e. The van der Waals surface area contributed by atoms with Crippen molar-refractivity contribution in [3.05, 3.63) is 114 Å². The third-order valence-corrected chi connectivity index (χ3v) is 4.83. The minimum absolute atomic E-state index is 0.291. The van der Waals surface area contributed by atoms with Crippen LogP contribution in [0, 0.1) is 5.82 Å². The third kappa shape index (κ3) is 5.49. The number of aromatic nitrogens is 1. The lowest BCUT2D eigenvalue weighted by molar-refractivity contribution is 0.251. The normalized spacial score (nSPS) is 10.4. The first-order valence-corrected chi connectivity index (χ1v) is 10.2. The minimum atomic E-state index is -0.295. The van der Waals surface area contributed by atoms with Gasteiger partial charge in [0.15, 0.2) is 0 Å². The number of anilines is 1. The predicted octanol–water partition coefficient (Wildman–Crippen LogP) is 5.79. The van der Waals surface area contributed by atoms with Gasteiger partial charge in [0, 0.05) is 35.8 Å². The van der Waals surface area contributed by atoms with Gasteiger partial charge in [-0.15, -0.1) is 0 Å². The zero-order valence-corrected chi connectivity index (χ0v) is 17.3. The molecule has 0 radical (unpaired) electrons. The zero-order valence-electron chi connectivity index (χ0n) is 17.3. The molecule has 2 N–H and O–H groups in total. The van der Waals surface area contributed by atoms with E-state index < -0.39 is 0 Å². The van der Waals surface area contributed by atoms with Crippen molar-refractivity contribution in [3.63, 3.8) is 0 Å². The molecule has 160 valence electrons. The van der Waals surface area contributed by atoms with E-state index in [1.165, 1.54) is 6.07 Å². The van der Waals surface area contributed by atoms with E-state index in [4.69, 9.17) is 4.74 Å². The zero-order chi connectivity index (χ0) is 22.2. The first-order chi connectivity index (χ1) is 15.7. The van der Waals surface area contributed by atoms with Crippen LogP contribution >= 0.6 is 0 Å². The van der Waals surface area contributed by atoms with Crippen molar-refractivity contribution in [1.29, 1.82) is 0 Å². The number of benzene rings is 3. The predicted molar refractivity (Wildman–Crippen MR) is 123 cm³/mol. The lowest BCUT2D eigenvalue weighted by Gasteiger charge is -2.13. The SMILES string of the molecule is O=C(NCc1cccnc1)Nc1ccc(COc2ccccc2-c2ccccc2F)cc1. The molecule has 0 aliphatic rings. The van der Waals surface area contributed by atoms with Crippen LogP contribution in [-0.4, -0.2) is 11.0 Å². The molecule has 0 aliphatic heterocycles. The van der Waals surface area contributed by atoms with E-state index in [2.05, 4.69) is 15.6 Å². The molecule has 1 heterocycles. The molecule has 0 bridgehead atoms. The Balaban J connectivity index is 1.34. The number of nitrogens with one attached hydrogen (secondary N) is 2. The summed E-state index contributed by atoms with van der Waals surface area (Å²) in [4.78, 5) is 16.1. The van der Waals surface area contributed by atoms with Gasteiger partial charge in [0.25, 0.3) is 0 Å². The van der Waals surface area contributed by atoms with Crippen molar-refractivity contribution >= 4 is 11.7 Å². The Kier molecular flexibility index (Phi) is 6.72. The summed E-state index contributed by atoms with van der Waals surface area (Å²) in [6, 6.07) is 24.8. The first kappa shape index (κ1) is 21.1. The molecule has 0 saturated carbocycles. The largest absolute Gasteiger partial charge is 0.488 e. The summed E-state index contributed by atoms with van der Waals surface area (Å²) in [5.41, 5.74) is 3.72. The maximum absolute atomic E-state index is 14.2. The van der Waals surface area contributed by atoms with E-state index in [0.29, 0.717) is 35.7 Å². The Morgan fingerprint density at radius 2 is 1.59 bits per heavy atom. The van der Waals surface area contributed by atoms with Crippen LogP contribution in [0.2, 0.25) is 0 Å². The molecular weight excluding hydrogens is 405 g/mol. The highest BCUT2D eigenvalue weighted by Crippen LogP contribution is 2.32. The van der Waals surface area contributed by atoms with Gasteiger partial charge in [-0.25, -0.2) is 9.18 Å². The summed E-state index contributed by atoms with van der Waals surface area (Å²) < 4.78 is 20.2. The maximum atomic E-state index is 14.2. The summed E-state index contributed by atoms with van der Waals surface area (Å²) in [6.07, 6.45) is 3.40. The average molecular weight is 427 g/mol. The van der Waals surface area contributed by atoms with Crippen LogP contribution in [0.25, 0.3) is 11.1 Å². The smallest absolute Gasteiger partial charge is 0.319 e. The van der Waals surface area contributed by atoms with Crippen LogP contribution in [0.15, 0.2) is 97.3 Å². The first-order valence-electron chi connectivity index (χ1n) is 10.2. The standard InChI is InChI=1S/C26H22FN3O2/c27-24-9-3-1-7-22(24)23-8-2-4-10-25(23)32-18-19-11-13-21(14-12-19)30-26(31)29-17-20-6-5-15-28-16-20/h1-16H,17-18H2,(H2,29,30,31). The second-order valence-corrected chi connectivity index (χ2v) is 7.13. The molecule has 2 amide bonds. The number of hydrogen-bond acceptors (Lipinski definition) is 3. The molecule has 4 rings (SSSR count). The number of ether oxygens (including phenoxy) is 1. The third-order valence-electron chi connectivity index (χ3n) is 4.83. The molecule has 0 aliphatic carbocycles. The molecule has 4 aromatic rings. The van der Waals surface area contributed by atoms with Gasteiger partial charge in [0.2, 0.25) is 0 Å². The Hall–Kier alpha value is -4.19. The highest BCUT2D eigenvalue weighted by atomic mass is 19.1. The van der Waals surface area contributed by atoms with E-state index in [-0.39, 0.29) is 11.8 Å². The molecule has 0 saturated heterocycles. The fraction of sp³-hybridized carbons (Fsp3) is 0.0769. The molecule has 0 atom stereocenters. The number of rotatable bonds is 7. The number of urea groups is 1. The van der Waals surface area contributed by atoms with Crippen LogP contribution in [0.5, 0.6) is 5.75 Å². The lowest BCUT2D eigenvalue weighted by atomic mass is 10.0. The van der Waals surface area contributed by atoms with Crippen molar-refractivity contribution in [1.82, 2.24) is 10.3 Å². The van der Waals surface area contributed by atoms with Crippen molar-refractivity contribution in [2.24, 2.45) is 0 Å². The fourth-order valence-electron chi connectivity index (χ4n) is 3.20. The summed E-state index contributed by atoms with van der Waals surface area (Å²) in [7, 11) is 0. The van der Waals surface area contributed by atoms with Gasteiger partial charge in [-0.3, -0.25) is 4.98 Å². The molecule has 0 unspecified atom stereocenters. The van der Waals surface area contributed by atoms with Crippen LogP contribution in [0.4, 0.5) is 14.9 Å². The van der Waals surface area contributed by atoms with Crippen LogP contribution in [0.3, 0.4) is 0 Å². The van der Waals surface area contributed by atoms with Gasteiger partial charge in [-0.05, 0) is 41.5 Å². The number of para-hydroxylation sites is 1. The molecule has 0 fully saturated rings. The quantitative estimate of drug-likeness (QED) is 0.392. The number of halogens is 1. The van der Waals surface area contributed by atoms with Crippen LogP contribution in [-0.2, 0) is 13.2 Å². The molecule has 3 aromatic carbocycles. The van der Waals surface area contributed by atoms with Gasteiger partial charge in [0.05, 0.1) is 0 Å². The Morgan fingerprint density at radius 1 is 0.844 bits per heavy atom. The second kappa shape index (κ2) is 10.2. The van der Waals surface area contributed by atoms with E-state index in [1.54, 1.807) is 30.6 Å². The summed E-state index contributed by atoms with van der Waals surface area (Å²) in [5.74, 6) is 0.315. The molecule has 6 heteroatoms. The van der Waals surface area contributed by atoms with E-state index in [1.807, 2.05) is 60.7 Å². The summed E-state index contributed by atoms with van der Waals surface area (Å²) in [6.45, 7) is 0.714. The van der Waals surface area contributed by atoms with Gasteiger partial charge >= 0.3 is 6.03 Å². The van der Waals surface area contributed by atoms with Crippen molar-refractivity contribution < 1.29 is 13.9 Å². The Labute approximate surface area is 185 Å². The fourth-order valence-corrected chi connectivity index (χ4v) is 3.20. The lowest BCUT2D eigenvalue weighted by Crippen LogP contribution is -2.28. The Bertz CT molecular complexity index is 1180. The van der Waals surface area contributed by atoms with Crippen molar-refractivity contribution in [2.45, 2.75) is 13.2 Å². The monoisotopic (exact) mass is 427 g/mol. The molecule has 32 heavy (non-hydrogen) atoms. The number of nitrogens with zero attached hydrogens (tertiary/aromatic N) is 1. The molecule has 0 spiro atoms. The van der Waals surface area contributed by atoms with E-state index in [0.717, 1.165) is 11.1 Å². The molecular formula is C26H22FN3O2. The maximum Gasteiger partial charge on any atom is 0.319 e. The topological polar surface area (TPSA) is 63.2 Å². The number of pyridine rings is 1. The number of hydrogen-bond donors (Lipinski definition) is 2. The van der Waals surface area contributed by atoms with Crippen LogP contribution < -0.4 is 15.4 Å². The van der Waals surface area contributed by atoms with E-state index >= 15 is 0 Å². The van der Waals surface area contributed by atoms with Crippen molar-refractivity contribution in [3.8, 4) is 16.9 Å². The molecule has 5 nitrogen and oxygen atoms in total.